The molecule has 0 aromatic rings. The molecule has 2 aliphatic rings. The maximum atomic E-state index is 12.3. The van der Waals surface area contributed by atoms with Gasteiger partial charge in [-0.1, -0.05) is 0 Å². The van der Waals surface area contributed by atoms with Crippen molar-refractivity contribution in [3.8, 4) is 0 Å². The first-order valence-electron chi connectivity index (χ1n) is 7.66. The maximum absolute atomic E-state index is 12.3. The quantitative estimate of drug-likeness (QED) is 0.786. The number of amides is 1. The van der Waals surface area contributed by atoms with Gasteiger partial charge in [0.1, 0.15) is 5.60 Å². The number of fused-ring (bicyclic) bond motifs is 2. The molecule has 0 aromatic carbocycles. The topological polar surface area (TPSA) is 50.8 Å². The zero-order valence-corrected chi connectivity index (χ0v) is 13.1. The highest BCUT2D eigenvalue weighted by molar-refractivity contribution is 5.70. The summed E-state index contributed by atoms with van der Waals surface area (Å²) in [4.78, 5) is 14.3. The molecule has 2 fully saturated rings. The van der Waals surface area contributed by atoms with E-state index >= 15 is 0 Å². The van der Waals surface area contributed by atoms with Gasteiger partial charge in [-0.15, -0.1) is 0 Å². The predicted molar refractivity (Wildman–Crippen MR) is 77.8 cm³/mol. The van der Waals surface area contributed by atoms with E-state index in [1.165, 1.54) is 0 Å². The van der Waals surface area contributed by atoms with Crippen LogP contribution in [0, 0.1) is 0 Å². The Labute approximate surface area is 122 Å². The van der Waals surface area contributed by atoms with Crippen LogP contribution in [0.3, 0.4) is 0 Å². The third kappa shape index (κ3) is 3.64. The second-order valence-corrected chi connectivity index (χ2v) is 6.83. The molecule has 0 spiro atoms. The molecule has 5 heteroatoms. The Morgan fingerprint density at radius 3 is 2.75 bits per heavy atom. The van der Waals surface area contributed by atoms with Crippen molar-refractivity contribution in [2.24, 2.45) is 0 Å². The smallest absolute Gasteiger partial charge is 0.410 e. The molecule has 0 aromatic heterocycles. The standard InChI is InChI=1S/C15H28N2O3/c1-15(2,3)20-14(18)17-11-6-7-13(17)12(10-11)16-8-5-9-19-4/h11-13,16H,5-10H2,1-4H3/t11-,12?,13+/m0/s1. The van der Waals surface area contributed by atoms with E-state index in [1.54, 1.807) is 7.11 Å². The molecule has 0 saturated carbocycles. The van der Waals surface area contributed by atoms with Gasteiger partial charge in [-0.3, -0.25) is 0 Å². The molecule has 2 bridgehead atoms. The fourth-order valence-electron chi connectivity index (χ4n) is 3.31. The number of nitrogens with zero attached hydrogens (tertiary/aromatic N) is 1. The number of hydrogen-bond donors (Lipinski definition) is 1. The molecule has 1 amide bonds. The summed E-state index contributed by atoms with van der Waals surface area (Å²) in [6.45, 7) is 7.49. The molecule has 2 saturated heterocycles. The molecule has 2 aliphatic heterocycles. The number of rotatable bonds is 5. The molecule has 2 rings (SSSR count). The van der Waals surface area contributed by atoms with E-state index in [1.807, 2.05) is 25.7 Å². The number of hydrogen-bond acceptors (Lipinski definition) is 4. The van der Waals surface area contributed by atoms with Crippen molar-refractivity contribution in [3.63, 3.8) is 0 Å². The van der Waals surface area contributed by atoms with Crippen molar-refractivity contribution >= 4 is 6.09 Å². The van der Waals surface area contributed by atoms with Crippen LogP contribution in [0.5, 0.6) is 0 Å². The Morgan fingerprint density at radius 2 is 2.10 bits per heavy atom. The molecule has 0 aliphatic carbocycles. The van der Waals surface area contributed by atoms with Crippen LogP contribution in [0.2, 0.25) is 0 Å². The summed E-state index contributed by atoms with van der Waals surface area (Å²) in [7, 11) is 1.72. The second-order valence-electron chi connectivity index (χ2n) is 6.83. The van der Waals surface area contributed by atoms with Gasteiger partial charge >= 0.3 is 6.09 Å². The van der Waals surface area contributed by atoms with E-state index in [2.05, 4.69) is 5.32 Å². The minimum absolute atomic E-state index is 0.147. The molecule has 2 heterocycles. The SMILES string of the molecule is COCCCNC1C[C@@H]2CC[C@H]1N2C(=O)OC(C)(C)C. The summed E-state index contributed by atoms with van der Waals surface area (Å²) >= 11 is 0. The van der Waals surface area contributed by atoms with Crippen LogP contribution in [0.1, 0.15) is 46.5 Å². The van der Waals surface area contributed by atoms with Crippen molar-refractivity contribution in [1.29, 1.82) is 0 Å². The van der Waals surface area contributed by atoms with E-state index in [4.69, 9.17) is 9.47 Å². The van der Waals surface area contributed by atoms with E-state index in [0.717, 1.165) is 38.8 Å². The molecule has 5 nitrogen and oxygen atoms in total. The summed E-state index contributed by atoms with van der Waals surface area (Å²) in [6, 6.07) is 1.07. The lowest BCUT2D eigenvalue weighted by atomic mass is 9.95. The van der Waals surface area contributed by atoms with Crippen LogP contribution >= 0.6 is 0 Å². The van der Waals surface area contributed by atoms with Gasteiger partial charge < -0.3 is 19.7 Å². The average molecular weight is 284 g/mol. The van der Waals surface area contributed by atoms with Crippen LogP contribution < -0.4 is 5.32 Å². The van der Waals surface area contributed by atoms with Crippen molar-refractivity contribution in [2.75, 3.05) is 20.3 Å². The zero-order chi connectivity index (χ0) is 14.8. The van der Waals surface area contributed by atoms with Crippen molar-refractivity contribution in [3.05, 3.63) is 0 Å². The molecule has 1 unspecified atom stereocenters. The van der Waals surface area contributed by atoms with Gasteiger partial charge in [0.25, 0.3) is 0 Å². The normalized spacial score (nSPS) is 29.0. The van der Waals surface area contributed by atoms with Crippen LogP contribution in [0.4, 0.5) is 4.79 Å². The molecule has 0 radical (unpaired) electrons. The Kier molecular flexibility index (Phi) is 4.91. The molecule has 20 heavy (non-hydrogen) atoms. The van der Waals surface area contributed by atoms with Crippen LogP contribution in [0.15, 0.2) is 0 Å². The van der Waals surface area contributed by atoms with Crippen LogP contribution in [-0.4, -0.2) is 55.0 Å². The third-order valence-corrected chi connectivity index (χ3v) is 4.07. The lowest BCUT2D eigenvalue weighted by Crippen LogP contribution is -2.45. The van der Waals surface area contributed by atoms with Gasteiger partial charge in [0.05, 0.1) is 6.04 Å². The van der Waals surface area contributed by atoms with Gasteiger partial charge in [-0.25, -0.2) is 4.79 Å². The number of ether oxygens (including phenoxy) is 2. The summed E-state index contributed by atoms with van der Waals surface area (Å²) < 4.78 is 10.6. The zero-order valence-electron chi connectivity index (χ0n) is 13.1. The van der Waals surface area contributed by atoms with E-state index < -0.39 is 5.60 Å². The minimum Gasteiger partial charge on any atom is -0.444 e. The van der Waals surface area contributed by atoms with Gasteiger partial charge in [0.15, 0.2) is 0 Å². The summed E-state index contributed by atoms with van der Waals surface area (Å²) in [6.07, 6.45) is 4.12. The fraction of sp³-hybridized carbons (Fsp3) is 0.933. The second kappa shape index (κ2) is 6.31. The molecule has 3 atom stereocenters. The summed E-state index contributed by atoms with van der Waals surface area (Å²) in [5.74, 6) is 0. The van der Waals surface area contributed by atoms with E-state index in [0.29, 0.717) is 18.1 Å². The highest BCUT2D eigenvalue weighted by atomic mass is 16.6. The Hall–Kier alpha value is -0.810. The average Bonchev–Trinajstić information content (AvgIpc) is 2.89. The Morgan fingerprint density at radius 1 is 1.35 bits per heavy atom. The first kappa shape index (κ1) is 15.6. The third-order valence-electron chi connectivity index (χ3n) is 4.07. The number of nitrogens with one attached hydrogen (secondary N) is 1. The fourth-order valence-corrected chi connectivity index (χ4v) is 3.31. The monoisotopic (exact) mass is 284 g/mol. The maximum Gasteiger partial charge on any atom is 0.410 e. The first-order chi connectivity index (χ1) is 9.42. The Bertz CT molecular complexity index is 341. The van der Waals surface area contributed by atoms with Gasteiger partial charge in [-0.05, 0) is 53.0 Å². The molecular formula is C15H28N2O3. The largest absolute Gasteiger partial charge is 0.444 e. The highest BCUT2D eigenvalue weighted by Crippen LogP contribution is 2.38. The molecular weight excluding hydrogens is 256 g/mol. The molecule has 116 valence electrons. The van der Waals surface area contributed by atoms with Crippen LogP contribution in [0.25, 0.3) is 0 Å². The summed E-state index contributed by atoms with van der Waals surface area (Å²) in [5.41, 5.74) is -0.416. The van der Waals surface area contributed by atoms with Gasteiger partial charge in [0.2, 0.25) is 0 Å². The predicted octanol–water partition coefficient (Wildman–Crippen LogP) is 2.15. The van der Waals surface area contributed by atoms with Gasteiger partial charge in [0, 0.05) is 25.8 Å². The first-order valence-corrected chi connectivity index (χ1v) is 7.66. The van der Waals surface area contributed by atoms with Crippen molar-refractivity contribution in [1.82, 2.24) is 10.2 Å². The van der Waals surface area contributed by atoms with Crippen molar-refractivity contribution < 1.29 is 14.3 Å². The number of carbonyl (C=O) groups excluding carboxylic acids is 1. The Balaban J connectivity index is 1.85. The lowest BCUT2D eigenvalue weighted by Gasteiger charge is -2.28. The van der Waals surface area contributed by atoms with E-state index in [9.17, 15) is 4.79 Å². The molecule has 1 N–H and O–H groups in total. The highest BCUT2D eigenvalue weighted by Gasteiger charge is 2.49. The lowest BCUT2D eigenvalue weighted by molar-refractivity contribution is 0.0210. The summed E-state index contributed by atoms with van der Waals surface area (Å²) in [5, 5.41) is 3.57. The van der Waals surface area contributed by atoms with Crippen LogP contribution in [-0.2, 0) is 9.47 Å². The van der Waals surface area contributed by atoms with Crippen molar-refractivity contribution in [2.45, 2.75) is 70.2 Å². The number of carbonyl (C=O) groups is 1. The van der Waals surface area contributed by atoms with E-state index in [-0.39, 0.29) is 6.09 Å². The minimum atomic E-state index is -0.416. The number of methoxy groups -OCH3 is 1. The van der Waals surface area contributed by atoms with Gasteiger partial charge in [-0.2, -0.15) is 0 Å².